The molecule has 2 aromatic heterocycles. The summed E-state index contributed by atoms with van der Waals surface area (Å²) in [5, 5.41) is 14.6. The molecule has 2 heterocycles. The molecule has 3 aliphatic carbocycles. The summed E-state index contributed by atoms with van der Waals surface area (Å²) in [7, 11) is 1.72. The third kappa shape index (κ3) is 5.95. The average molecular weight is 543 g/mol. The topological polar surface area (TPSA) is 80.5 Å². The van der Waals surface area contributed by atoms with Crippen molar-refractivity contribution in [2.24, 2.45) is 11.8 Å². The Morgan fingerprint density at radius 1 is 1.00 bits per heavy atom. The minimum atomic E-state index is -0.279. The number of hydrogen-bond donors (Lipinski definition) is 1. The number of aryl methyl sites for hydroxylation is 1. The minimum absolute atomic E-state index is 0.0508. The number of carbonyl (C=O) groups excluding carboxylic acids is 1. The summed E-state index contributed by atoms with van der Waals surface area (Å²) in [6.07, 6.45) is 15.3. The van der Waals surface area contributed by atoms with E-state index in [1.165, 1.54) is 24.0 Å². The van der Waals surface area contributed by atoms with Gasteiger partial charge < -0.3 is 9.84 Å². The van der Waals surface area contributed by atoms with Gasteiger partial charge in [0.05, 0.1) is 25.5 Å². The maximum absolute atomic E-state index is 14.0. The fourth-order valence-corrected chi connectivity index (χ4v) is 6.70. The van der Waals surface area contributed by atoms with E-state index in [0.717, 1.165) is 61.2 Å². The maximum atomic E-state index is 14.0. The van der Waals surface area contributed by atoms with Crippen molar-refractivity contribution in [3.8, 4) is 16.9 Å². The lowest BCUT2D eigenvalue weighted by Gasteiger charge is -2.35. The van der Waals surface area contributed by atoms with Crippen molar-refractivity contribution in [3.63, 3.8) is 0 Å². The van der Waals surface area contributed by atoms with Gasteiger partial charge in [-0.2, -0.15) is 5.10 Å². The van der Waals surface area contributed by atoms with Gasteiger partial charge in [-0.05, 0) is 118 Å². The Labute approximate surface area is 237 Å². The van der Waals surface area contributed by atoms with Gasteiger partial charge in [-0.3, -0.25) is 14.4 Å². The summed E-state index contributed by atoms with van der Waals surface area (Å²) in [5.41, 5.74) is 4.70. The predicted molar refractivity (Wildman–Crippen MR) is 156 cm³/mol. The van der Waals surface area contributed by atoms with Gasteiger partial charge in [-0.1, -0.05) is 12.1 Å². The predicted octanol–water partition coefficient (Wildman–Crippen LogP) is 6.46. The van der Waals surface area contributed by atoms with Gasteiger partial charge in [-0.15, -0.1) is 0 Å². The fourth-order valence-electron chi connectivity index (χ4n) is 6.70. The molecule has 212 valence electrons. The number of ether oxygens (including phenoxy) is 1. The second-order valence-electron chi connectivity index (χ2n) is 12.2. The SMILES string of the molecule is COc1ccc([C@H]2CC[C@H](CN(c3cc(-c4cnn(C5CC5)c4)ccn3)C(=O)[C@H]3CC[C@H](O)CC3)CC2)cc1C. The molecule has 1 amide bonds. The van der Waals surface area contributed by atoms with E-state index in [1.807, 2.05) is 23.4 Å². The van der Waals surface area contributed by atoms with Gasteiger partial charge in [0, 0.05) is 30.4 Å². The van der Waals surface area contributed by atoms with Crippen LogP contribution in [0, 0.1) is 18.8 Å². The van der Waals surface area contributed by atoms with Gasteiger partial charge in [0.15, 0.2) is 0 Å². The van der Waals surface area contributed by atoms with Crippen LogP contribution in [-0.2, 0) is 4.79 Å². The molecule has 0 saturated heterocycles. The van der Waals surface area contributed by atoms with Crippen molar-refractivity contribution in [1.82, 2.24) is 14.8 Å². The van der Waals surface area contributed by atoms with Crippen LogP contribution in [0.2, 0.25) is 0 Å². The second-order valence-corrected chi connectivity index (χ2v) is 12.2. The zero-order valence-electron chi connectivity index (χ0n) is 23.8. The van der Waals surface area contributed by atoms with Gasteiger partial charge in [0.2, 0.25) is 5.91 Å². The first-order chi connectivity index (χ1) is 19.5. The van der Waals surface area contributed by atoms with Crippen LogP contribution in [0.1, 0.15) is 87.3 Å². The molecule has 6 rings (SSSR count). The van der Waals surface area contributed by atoms with Crippen molar-refractivity contribution in [2.45, 2.75) is 89.2 Å². The minimum Gasteiger partial charge on any atom is -0.496 e. The molecule has 3 saturated carbocycles. The largest absolute Gasteiger partial charge is 0.496 e. The highest BCUT2D eigenvalue weighted by molar-refractivity contribution is 5.94. The van der Waals surface area contributed by atoms with Crippen molar-refractivity contribution in [3.05, 3.63) is 60.0 Å². The molecular formula is C33H42N4O3. The highest BCUT2D eigenvalue weighted by Gasteiger charge is 2.33. The Bertz CT molecular complexity index is 1320. The number of anilines is 1. The molecule has 3 aromatic rings. The number of amides is 1. The molecule has 0 unspecified atom stereocenters. The van der Waals surface area contributed by atoms with Gasteiger partial charge in [0.1, 0.15) is 11.6 Å². The molecule has 7 heteroatoms. The normalized spacial score (nSPS) is 25.0. The van der Waals surface area contributed by atoms with Crippen LogP contribution in [0.4, 0.5) is 5.82 Å². The summed E-state index contributed by atoms with van der Waals surface area (Å²) in [6, 6.07) is 11.2. The van der Waals surface area contributed by atoms with Crippen LogP contribution in [-0.4, -0.2) is 45.5 Å². The van der Waals surface area contributed by atoms with Crippen molar-refractivity contribution in [2.75, 3.05) is 18.6 Å². The highest BCUT2D eigenvalue weighted by atomic mass is 16.5. The summed E-state index contributed by atoms with van der Waals surface area (Å²) in [5.74, 6) is 2.78. The van der Waals surface area contributed by atoms with E-state index in [4.69, 9.17) is 9.72 Å². The molecule has 0 aliphatic heterocycles. The first-order valence-corrected chi connectivity index (χ1v) is 15.1. The van der Waals surface area contributed by atoms with Crippen molar-refractivity contribution < 1.29 is 14.6 Å². The quantitative estimate of drug-likeness (QED) is 0.354. The number of rotatable bonds is 8. The number of benzene rings is 1. The summed E-state index contributed by atoms with van der Waals surface area (Å²) in [4.78, 5) is 20.7. The van der Waals surface area contributed by atoms with E-state index in [1.54, 1.807) is 7.11 Å². The van der Waals surface area contributed by atoms with Gasteiger partial charge in [-0.25, -0.2) is 4.98 Å². The number of pyridine rings is 1. The molecule has 40 heavy (non-hydrogen) atoms. The van der Waals surface area contributed by atoms with Gasteiger partial charge in [0.25, 0.3) is 0 Å². The molecule has 0 bridgehead atoms. The van der Waals surface area contributed by atoms with E-state index in [0.29, 0.717) is 37.3 Å². The Hall–Kier alpha value is -3.19. The van der Waals surface area contributed by atoms with Crippen LogP contribution in [0.5, 0.6) is 5.75 Å². The maximum Gasteiger partial charge on any atom is 0.231 e. The van der Waals surface area contributed by atoms with E-state index >= 15 is 0 Å². The Kier molecular flexibility index (Phi) is 7.92. The molecule has 0 spiro atoms. The molecular weight excluding hydrogens is 500 g/mol. The monoisotopic (exact) mass is 542 g/mol. The van der Waals surface area contributed by atoms with Crippen LogP contribution in [0.3, 0.4) is 0 Å². The molecule has 1 aromatic carbocycles. The molecule has 1 N–H and O–H groups in total. The van der Waals surface area contributed by atoms with Crippen LogP contribution < -0.4 is 9.64 Å². The van der Waals surface area contributed by atoms with Crippen LogP contribution in [0.15, 0.2) is 48.9 Å². The summed E-state index contributed by atoms with van der Waals surface area (Å²) < 4.78 is 7.52. The lowest BCUT2D eigenvalue weighted by atomic mass is 9.78. The zero-order chi connectivity index (χ0) is 27.6. The molecule has 3 fully saturated rings. The molecule has 0 radical (unpaired) electrons. The zero-order valence-corrected chi connectivity index (χ0v) is 23.8. The number of aliphatic hydroxyl groups excluding tert-OH is 1. The third-order valence-electron chi connectivity index (χ3n) is 9.37. The fraction of sp³-hybridized carbons (Fsp3) is 0.545. The summed E-state index contributed by atoms with van der Waals surface area (Å²) in [6.45, 7) is 2.81. The van der Waals surface area contributed by atoms with Gasteiger partial charge >= 0.3 is 0 Å². The van der Waals surface area contributed by atoms with E-state index in [2.05, 4.69) is 47.2 Å². The lowest BCUT2D eigenvalue weighted by molar-refractivity contribution is -0.124. The lowest BCUT2D eigenvalue weighted by Crippen LogP contribution is -2.42. The average Bonchev–Trinajstić information content (AvgIpc) is 3.72. The number of aliphatic hydroxyl groups is 1. The molecule has 0 atom stereocenters. The number of nitrogens with zero attached hydrogens (tertiary/aromatic N) is 4. The Morgan fingerprint density at radius 3 is 2.48 bits per heavy atom. The van der Waals surface area contributed by atoms with E-state index in [9.17, 15) is 9.90 Å². The number of methoxy groups -OCH3 is 1. The standard InChI is InChI=1S/C33H42N4O3/c1-22-17-26(9-14-31(22)40-2)24-5-3-23(4-6-24)20-36(33(39)25-7-12-30(38)13-8-25)32-18-27(15-16-34-32)28-19-35-37(21-28)29-10-11-29/h9,14-19,21,23-25,29-30,38H,3-8,10-13,20H2,1-2H3/t23-,24-,25-,30-. The Balaban J connectivity index is 1.19. The molecule has 3 aliphatic rings. The summed E-state index contributed by atoms with van der Waals surface area (Å²) >= 11 is 0. The first kappa shape index (κ1) is 27.0. The highest BCUT2D eigenvalue weighted by Crippen LogP contribution is 2.39. The van der Waals surface area contributed by atoms with E-state index < -0.39 is 0 Å². The van der Waals surface area contributed by atoms with Crippen molar-refractivity contribution in [1.29, 1.82) is 0 Å². The van der Waals surface area contributed by atoms with Crippen LogP contribution in [0.25, 0.3) is 11.1 Å². The number of hydrogen-bond acceptors (Lipinski definition) is 5. The first-order valence-electron chi connectivity index (χ1n) is 15.1. The number of aromatic nitrogens is 3. The third-order valence-corrected chi connectivity index (χ3v) is 9.37. The van der Waals surface area contributed by atoms with Crippen molar-refractivity contribution >= 4 is 11.7 Å². The second kappa shape index (κ2) is 11.7. The number of carbonyl (C=O) groups is 1. The molecule has 7 nitrogen and oxygen atoms in total. The Morgan fingerprint density at radius 2 is 1.77 bits per heavy atom. The van der Waals surface area contributed by atoms with E-state index in [-0.39, 0.29) is 17.9 Å². The smallest absolute Gasteiger partial charge is 0.231 e. The van der Waals surface area contributed by atoms with Crippen LogP contribution >= 0.6 is 0 Å².